The number of benzene rings is 1. The number of hydrogen-bond acceptors (Lipinski definition) is 3. The summed E-state index contributed by atoms with van der Waals surface area (Å²) in [6, 6.07) is 5.26. The van der Waals surface area contributed by atoms with Crippen molar-refractivity contribution in [1.82, 2.24) is 20.0 Å². The van der Waals surface area contributed by atoms with Crippen molar-refractivity contribution in [3.05, 3.63) is 45.7 Å². The maximum Gasteiger partial charge on any atom is 0.254 e. The molecule has 0 spiro atoms. The summed E-state index contributed by atoms with van der Waals surface area (Å²) in [5, 5.41) is 8.56. The lowest BCUT2D eigenvalue weighted by Gasteiger charge is -2.28. The third kappa shape index (κ3) is 5.96. The Morgan fingerprint density at radius 2 is 1.85 bits per heavy atom. The summed E-state index contributed by atoms with van der Waals surface area (Å²) in [6.07, 6.45) is 3.24. The second kappa shape index (κ2) is 9.09. The minimum Gasteiger partial charge on any atom is -0.351 e. The Morgan fingerprint density at radius 1 is 1.22 bits per heavy atom. The number of amides is 1. The van der Waals surface area contributed by atoms with Gasteiger partial charge in [0.2, 0.25) is 0 Å². The number of hydrogen-bond donors (Lipinski definition) is 1. The summed E-state index contributed by atoms with van der Waals surface area (Å²) < 4.78 is 1.75. The number of rotatable bonds is 8. The number of aromatic nitrogens is 2. The second-order valence-corrected chi connectivity index (χ2v) is 8.75. The Balaban J connectivity index is 2.27. The van der Waals surface area contributed by atoms with Crippen LogP contribution in [0.5, 0.6) is 0 Å². The van der Waals surface area contributed by atoms with Crippen LogP contribution in [0, 0.1) is 5.41 Å². The summed E-state index contributed by atoms with van der Waals surface area (Å²) >= 11 is 12.3. The van der Waals surface area contributed by atoms with Gasteiger partial charge in [0.25, 0.3) is 5.91 Å². The molecule has 0 fully saturated rings. The van der Waals surface area contributed by atoms with Crippen molar-refractivity contribution in [1.29, 1.82) is 0 Å². The fraction of sp³-hybridized carbons (Fsp3) is 0.500. The van der Waals surface area contributed by atoms with Crippen LogP contribution in [0.25, 0.3) is 5.69 Å². The summed E-state index contributed by atoms with van der Waals surface area (Å²) in [5.41, 5.74) is 2.18. The van der Waals surface area contributed by atoms with Crippen molar-refractivity contribution in [3.63, 3.8) is 0 Å². The van der Waals surface area contributed by atoms with Gasteiger partial charge >= 0.3 is 0 Å². The van der Waals surface area contributed by atoms with Gasteiger partial charge < -0.3 is 10.2 Å². The van der Waals surface area contributed by atoms with E-state index in [0.717, 1.165) is 30.8 Å². The lowest BCUT2D eigenvalue weighted by molar-refractivity contribution is 0.0928. The Labute approximate surface area is 171 Å². The number of carbonyl (C=O) groups is 1. The number of nitrogens with one attached hydrogen (secondary N) is 1. The molecule has 0 aliphatic carbocycles. The van der Waals surface area contributed by atoms with Gasteiger partial charge in [0.1, 0.15) is 0 Å². The van der Waals surface area contributed by atoms with E-state index in [4.69, 9.17) is 23.2 Å². The number of carbonyl (C=O) groups excluding carboxylic acids is 1. The quantitative estimate of drug-likeness (QED) is 0.698. The predicted molar refractivity (Wildman–Crippen MR) is 112 cm³/mol. The van der Waals surface area contributed by atoms with Gasteiger partial charge in [-0.1, -0.05) is 50.4 Å². The average molecular weight is 411 g/mol. The zero-order valence-electron chi connectivity index (χ0n) is 16.6. The lowest BCUT2D eigenvalue weighted by atomic mass is 9.93. The molecule has 1 aromatic heterocycles. The molecule has 0 saturated carbocycles. The van der Waals surface area contributed by atoms with Gasteiger partial charge in [-0.3, -0.25) is 4.79 Å². The molecule has 0 bridgehead atoms. The molecular formula is C20H28Cl2N4O. The molecule has 1 N–H and O–H groups in total. The van der Waals surface area contributed by atoms with Gasteiger partial charge in [-0.25, -0.2) is 4.68 Å². The first kappa shape index (κ1) is 21.7. The standard InChI is InChI=1S/C20H28Cl2N4O/c1-6-7-18-17(19(27)23-12-20(2,3)13-25(4)5)11-24-26(18)16-9-14(21)8-15(22)10-16/h8-11H,6-7,12-13H2,1-5H3,(H,23,27). The van der Waals surface area contributed by atoms with Crippen LogP contribution in [0.4, 0.5) is 0 Å². The van der Waals surface area contributed by atoms with Crippen LogP contribution >= 0.6 is 23.2 Å². The molecule has 0 aliphatic heterocycles. The molecule has 0 saturated heterocycles. The molecule has 0 atom stereocenters. The molecule has 1 amide bonds. The van der Waals surface area contributed by atoms with Crippen molar-refractivity contribution < 1.29 is 4.79 Å². The first-order chi connectivity index (χ1) is 12.6. The fourth-order valence-corrected chi connectivity index (χ4v) is 3.77. The topological polar surface area (TPSA) is 50.2 Å². The Bertz CT molecular complexity index is 779. The van der Waals surface area contributed by atoms with Crippen molar-refractivity contribution >= 4 is 29.1 Å². The highest BCUT2D eigenvalue weighted by atomic mass is 35.5. The molecule has 0 radical (unpaired) electrons. The molecule has 0 unspecified atom stereocenters. The molecule has 7 heteroatoms. The largest absolute Gasteiger partial charge is 0.351 e. The Kier molecular flexibility index (Phi) is 7.32. The van der Waals surface area contributed by atoms with Gasteiger partial charge in [0.05, 0.1) is 23.1 Å². The molecule has 2 rings (SSSR count). The Hall–Kier alpha value is -1.56. The van der Waals surface area contributed by atoms with Crippen molar-refractivity contribution in [2.45, 2.75) is 33.6 Å². The average Bonchev–Trinajstić information content (AvgIpc) is 2.95. The lowest BCUT2D eigenvalue weighted by Crippen LogP contribution is -2.40. The second-order valence-electron chi connectivity index (χ2n) is 7.88. The van der Waals surface area contributed by atoms with E-state index in [9.17, 15) is 4.79 Å². The summed E-state index contributed by atoms with van der Waals surface area (Å²) in [6.45, 7) is 7.82. The van der Waals surface area contributed by atoms with Gasteiger partial charge in [0, 0.05) is 23.1 Å². The van der Waals surface area contributed by atoms with Crippen LogP contribution in [0.2, 0.25) is 10.0 Å². The van der Waals surface area contributed by atoms with Crippen LogP contribution in [-0.2, 0) is 6.42 Å². The minimum absolute atomic E-state index is 0.0272. The maximum atomic E-state index is 12.8. The van der Waals surface area contributed by atoms with Crippen LogP contribution in [0.3, 0.4) is 0 Å². The van der Waals surface area contributed by atoms with E-state index in [1.807, 2.05) is 14.1 Å². The molecule has 1 aromatic carbocycles. The van der Waals surface area contributed by atoms with Crippen LogP contribution < -0.4 is 5.32 Å². The third-order valence-corrected chi connectivity index (χ3v) is 4.60. The van der Waals surface area contributed by atoms with E-state index >= 15 is 0 Å². The first-order valence-corrected chi connectivity index (χ1v) is 9.85. The van der Waals surface area contributed by atoms with Crippen molar-refractivity contribution in [2.75, 3.05) is 27.2 Å². The summed E-state index contributed by atoms with van der Waals surface area (Å²) in [7, 11) is 4.06. The van der Waals surface area contributed by atoms with Crippen LogP contribution in [0.1, 0.15) is 43.2 Å². The molecule has 1 heterocycles. The highest BCUT2D eigenvalue weighted by Gasteiger charge is 2.23. The molecule has 2 aromatic rings. The van der Waals surface area contributed by atoms with E-state index in [0.29, 0.717) is 22.2 Å². The number of halogens is 2. The zero-order valence-corrected chi connectivity index (χ0v) is 18.2. The first-order valence-electron chi connectivity index (χ1n) is 9.09. The Morgan fingerprint density at radius 3 is 2.41 bits per heavy atom. The fourth-order valence-electron chi connectivity index (χ4n) is 3.25. The minimum atomic E-state index is -0.107. The zero-order chi connectivity index (χ0) is 20.2. The smallest absolute Gasteiger partial charge is 0.254 e. The van der Waals surface area contributed by atoms with Crippen molar-refractivity contribution in [2.24, 2.45) is 5.41 Å². The number of nitrogens with zero attached hydrogens (tertiary/aromatic N) is 3. The van der Waals surface area contributed by atoms with E-state index < -0.39 is 0 Å². The van der Waals surface area contributed by atoms with Gasteiger partial charge in [-0.15, -0.1) is 0 Å². The normalized spacial score (nSPS) is 11.9. The van der Waals surface area contributed by atoms with E-state index in [1.165, 1.54) is 0 Å². The van der Waals surface area contributed by atoms with Crippen molar-refractivity contribution in [3.8, 4) is 5.69 Å². The van der Waals surface area contributed by atoms with Gasteiger partial charge in [-0.2, -0.15) is 5.10 Å². The monoisotopic (exact) mass is 410 g/mol. The van der Waals surface area contributed by atoms with Crippen LogP contribution in [0.15, 0.2) is 24.4 Å². The predicted octanol–water partition coefficient (Wildman–Crippen LogP) is 4.45. The molecule has 148 valence electrons. The van der Waals surface area contributed by atoms with E-state index in [2.05, 4.69) is 36.1 Å². The van der Waals surface area contributed by atoms with Crippen LogP contribution in [-0.4, -0.2) is 47.8 Å². The molecule has 27 heavy (non-hydrogen) atoms. The summed E-state index contributed by atoms with van der Waals surface area (Å²) in [5.74, 6) is -0.107. The molecule has 0 aliphatic rings. The van der Waals surface area contributed by atoms with Gasteiger partial charge in [0.15, 0.2) is 0 Å². The van der Waals surface area contributed by atoms with Gasteiger partial charge in [-0.05, 0) is 44.1 Å². The highest BCUT2D eigenvalue weighted by Crippen LogP contribution is 2.24. The molecule has 5 nitrogen and oxygen atoms in total. The third-order valence-electron chi connectivity index (χ3n) is 4.16. The highest BCUT2D eigenvalue weighted by molar-refractivity contribution is 6.34. The SMILES string of the molecule is CCCc1c(C(=O)NCC(C)(C)CN(C)C)cnn1-c1cc(Cl)cc(Cl)c1. The molecular weight excluding hydrogens is 383 g/mol. The van der Waals surface area contributed by atoms with E-state index in [-0.39, 0.29) is 11.3 Å². The maximum absolute atomic E-state index is 12.8. The van der Waals surface area contributed by atoms with E-state index in [1.54, 1.807) is 29.1 Å². The summed E-state index contributed by atoms with van der Waals surface area (Å²) in [4.78, 5) is 14.9.